The molecule has 0 aliphatic rings. The van der Waals surface area contributed by atoms with Crippen molar-refractivity contribution in [2.45, 2.75) is 59.5 Å². The lowest BCUT2D eigenvalue weighted by molar-refractivity contribution is -0.133. The van der Waals surface area contributed by atoms with Crippen LogP contribution in [0.15, 0.2) is 27.4 Å². The van der Waals surface area contributed by atoms with E-state index >= 15 is 0 Å². The normalized spacial score (nSPS) is 11.3. The van der Waals surface area contributed by atoms with E-state index < -0.39 is 23.3 Å². The van der Waals surface area contributed by atoms with Crippen molar-refractivity contribution >= 4 is 23.0 Å². The molecule has 0 aliphatic heterocycles. The summed E-state index contributed by atoms with van der Waals surface area (Å²) in [6.07, 6.45) is 2.05. The maximum atomic E-state index is 12.1. The van der Waals surface area contributed by atoms with E-state index in [9.17, 15) is 14.4 Å². The Morgan fingerprint density at radius 1 is 1.21 bits per heavy atom. The molecule has 0 saturated carbocycles. The van der Waals surface area contributed by atoms with Gasteiger partial charge in [0, 0.05) is 17.0 Å². The number of rotatable bonds is 6. The zero-order valence-corrected chi connectivity index (χ0v) is 17.0. The van der Waals surface area contributed by atoms with Crippen molar-refractivity contribution < 1.29 is 23.5 Å². The molecule has 2 rings (SSSR count). The maximum Gasteiger partial charge on any atom is 0.408 e. The fourth-order valence-electron chi connectivity index (χ4n) is 2.71. The van der Waals surface area contributed by atoms with Gasteiger partial charge < -0.3 is 19.2 Å². The van der Waals surface area contributed by atoms with Crippen LogP contribution in [-0.4, -0.2) is 24.2 Å². The molecular formula is C21H27NO6. The Bertz CT molecular complexity index is 923. The van der Waals surface area contributed by atoms with Crippen LogP contribution in [0.1, 0.15) is 51.7 Å². The minimum Gasteiger partial charge on any atom is -0.444 e. The van der Waals surface area contributed by atoms with Crippen LogP contribution < -0.4 is 15.7 Å². The zero-order valence-electron chi connectivity index (χ0n) is 17.0. The van der Waals surface area contributed by atoms with E-state index in [2.05, 4.69) is 12.2 Å². The molecule has 2 aromatic rings. The molecule has 0 unspecified atom stereocenters. The van der Waals surface area contributed by atoms with Crippen LogP contribution >= 0.6 is 0 Å². The molecular weight excluding hydrogens is 362 g/mol. The predicted molar refractivity (Wildman–Crippen MR) is 106 cm³/mol. The summed E-state index contributed by atoms with van der Waals surface area (Å²) in [5.41, 5.74) is 0.788. The number of hydrogen-bond donors (Lipinski definition) is 1. The molecule has 28 heavy (non-hydrogen) atoms. The Labute approximate surface area is 164 Å². The molecule has 1 N–H and O–H groups in total. The minimum atomic E-state index is -0.703. The largest absolute Gasteiger partial charge is 0.444 e. The first-order chi connectivity index (χ1) is 13.1. The van der Waals surface area contributed by atoms with Crippen LogP contribution in [0, 0.1) is 6.92 Å². The van der Waals surface area contributed by atoms with Crippen LogP contribution in [0.2, 0.25) is 0 Å². The lowest BCUT2D eigenvalue weighted by Crippen LogP contribution is -2.36. The van der Waals surface area contributed by atoms with Gasteiger partial charge in [-0.15, -0.1) is 0 Å². The highest BCUT2D eigenvalue weighted by molar-refractivity contribution is 5.86. The van der Waals surface area contributed by atoms with Gasteiger partial charge in [0.25, 0.3) is 0 Å². The third-order valence-corrected chi connectivity index (χ3v) is 4.00. The van der Waals surface area contributed by atoms with Gasteiger partial charge in [0.05, 0.1) is 0 Å². The third-order valence-electron chi connectivity index (χ3n) is 4.00. The SMILES string of the molecule is CCCCc1cc(=O)oc2c(C)c(OC(=O)CNC(=O)OC(C)(C)C)ccc12. The number of carbonyl (C=O) groups is 2. The smallest absolute Gasteiger partial charge is 0.408 e. The molecule has 1 aromatic heterocycles. The minimum absolute atomic E-state index is 0.277. The van der Waals surface area contributed by atoms with Gasteiger partial charge in [-0.05, 0) is 58.2 Å². The van der Waals surface area contributed by atoms with Crippen molar-refractivity contribution in [3.8, 4) is 5.75 Å². The second kappa shape index (κ2) is 8.91. The Morgan fingerprint density at radius 2 is 1.93 bits per heavy atom. The first kappa shape index (κ1) is 21.5. The summed E-state index contributed by atoms with van der Waals surface area (Å²) >= 11 is 0. The number of benzene rings is 1. The molecule has 0 radical (unpaired) electrons. The standard InChI is InChI=1S/C21H27NO6/c1-6-7-8-14-11-17(23)27-19-13(2)16(10-9-15(14)19)26-18(24)12-22-20(25)28-21(3,4)5/h9-11H,6-8,12H2,1-5H3,(H,22,25). The third kappa shape index (κ3) is 5.84. The number of aryl methyl sites for hydroxylation is 2. The van der Waals surface area contributed by atoms with E-state index in [-0.39, 0.29) is 12.3 Å². The second-order valence-corrected chi connectivity index (χ2v) is 7.59. The van der Waals surface area contributed by atoms with Gasteiger partial charge in [-0.2, -0.15) is 0 Å². The van der Waals surface area contributed by atoms with E-state index in [0.717, 1.165) is 30.2 Å². The van der Waals surface area contributed by atoms with Crippen LogP contribution in [0.3, 0.4) is 0 Å². The predicted octanol–water partition coefficient (Wildman–Crippen LogP) is 3.87. The fraction of sp³-hybridized carbons (Fsp3) is 0.476. The Kier molecular flexibility index (Phi) is 6.83. The lowest BCUT2D eigenvalue weighted by Gasteiger charge is -2.19. The van der Waals surface area contributed by atoms with Gasteiger partial charge >= 0.3 is 17.7 Å². The monoisotopic (exact) mass is 389 g/mol. The van der Waals surface area contributed by atoms with Gasteiger partial charge in [-0.1, -0.05) is 13.3 Å². The van der Waals surface area contributed by atoms with Gasteiger partial charge in [0.15, 0.2) is 0 Å². The van der Waals surface area contributed by atoms with Gasteiger partial charge in [-0.3, -0.25) is 0 Å². The van der Waals surface area contributed by atoms with E-state index in [1.165, 1.54) is 6.07 Å². The molecule has 0 atom stereocenters. The zero-order chi connectivity index (χ0) is 20.9. The number of carbonyl (C=O) groups excluding carboxylic acids is 2. The van der Waals surface area contributed by atoms with Crippen molar-refractivity contribution in [1.82, 2.24) is 5.32 Å². The molecule has 1 aromatic carbocycles. The summed E-state index contributed by atoms with van der Waals surface area (Å²) in [6, 6.07) is 4.95. The van der Waals surface area contributed by atoms with E-state index in [0.29, 0.717) is 11.1 Å². The summed E-state index contributed by atoms with van der Waals surface area (Å²) in [5, 5.41) is 3.18. The van der Waals surface area contributed by atoms with Crippen molar-refractivity contribution in [3.63, 3.8) is 0 Å². The molecule has 7 nitrogen and oxygen atoms in total. The van der Waals surface area contributed by atoms with Crippen molar-refractivity contribution in [3.05, 3.63) is 39.7 Å². The number of nitrogens with one attached hydrogen (secondary N) is 1. The van der Waals surface area contributed by atoms with Crippen molar-refractivity contribution in [1.29, 1.82) is 0 Å². The van der Waals surface area contributed by atoms with Crippen molar-refractivity contribution in [2.24, 2.45) is 0 Å². The molecule has 1 amide bonds. The number of unbranched alkanes of at least 4 members (excludes halogenated alkanes) is 1. The summed E-state index contributed by atoms with van der Waals surface area (Å²) in [7, 11) is 0. The Morgan fingerprint density at radius 3 is 2.57 bits per heavy atom. The van der Waals surface area contributed by atoms with E-state index in [4.69, 9.17) is 13.9 Å². The fourth-order valence-corrected chi connectivity index (χ4v) is 2.71. The van der Waals surface area contributed by atoms with Crippen LogP contribution in [0.5, 0.6) is 5.75 Å². The van der Waals surface area contributed by atoms with Gasteiger partial charge in [-0.25, -0.2) is 14.4 Å². The van der Waals surface area contributed by atoms with Gasteiger partial charge in [0.2, 0.25) is 0 Å². The van der Waals surface area contributed by atoms with E-state index in [1.807, 2.05) is 0 Å². The highest BCUT2D eigenvalue weighted by Gasteiger charge is 2.18. The molecule has 0 aliphatic carbocycles. The first-order valence-electron chi connectivity index (χ1n) is 9.34. The number of fused-ring (bicyclic) bond motifs is 1. The molecule has 152 valence electrons. The highest BCUT2D eigenvalue weighted by Crippen LogP contribution is 2.29. The Hall–Kier alpha value is -2.83. The quantitative estimate of drug-likeness (QED) is 0.458. The first-order valence-corrected chi connectivity index (χ1v) is 9.34. The summed E-state index contributed by atoms with van der Waals surface area (Å²) in [4.78, 5) is 35.6. The van der Waals surface area contributed by atoms with Gasteiger partial charge in [0.1, 0.15) is 23.5 Å². The number of alkyl carbamates (subject to hydrolysis) is 1. The molecule has 0 spiro atoms. The van der Waals surface area contributed by atoms with Crippen molar-refractivity contribution in [2.75, 3.05) is 6.54 Å². The molecule has 1 heterocycles. The average Bonchev–Trinajstić information content (AvgIpc) is 2.59. The van der Waals surface area contributed by atoms with E-state index in [1.54, 1.807) is 39.8 Å². The lowest BCUT2D eigenvalue weighted by atomic mass is 10.0. The molecule has 0 fully saturated rings. The topological polar surface area (TPSA) is 94.8 Å². The van der Waals surface area contributed by atoms with Crippen LogP contribution in [-0.2, 0) is 16.0 Å². The molecule has 7 heteroatoms. The second-order valence-electron chi connectivity index (χ2n) is 7.59. The summed E-state index contributed by atoms with van der Waals surface area (Å²) in [5.74, 6) is -0.378. The van der Waals surface area contributed by atoms with Crippen LogP contribution in [0.4, 0.5) is 4.79 Å². The maximum absolute atomic E-state index is 12.1. The number of esters is 1. The summed E-state index contributed by atoms with van der Waals surface area (Å²) in [6.45, 7) is 8.65. The average molecular weight is 389 g/mol. The Balaban J connectivity index is 2.15. The number of ether oxygens (including phenoxy) is 2. The highest BCUT2D eigenvalue weighted by atomic mass is 16.6. The number of hydrogen-bond acceptors (Lipinski definition) is 6. The molecule has 0 saturated heterocycles. The van der Waals surface area contributed by atoms with Crippen LogP contribution in [0.25, 0.3) is 11.0 Å². The number of amides is 1. The summed E-state index contributed by atoms with van der Waals surface area (Å²) < 4.78 is 15.7. The molecule has 0 bridgehead atoms.